The van der Waals surface area contributed by atoms with Crippen LogP contribution in [0.1, 0.15) is 16.1 Å². The third-order valence-electron chi connectivity index (χ3n) is 2.45. The fourth-order valence-corrected chi connectivity index (χ4v) is 1.56. The summed E-state index contributed by atoms with van der Waals surface area (Å²) in [6.07, 6.45) is 3.03. The highest BCUT2D eigenvalue weighted by Gasteiger charge is 2.10. The van der Waals surface area contributed by atoms with Crippen LogP contribution >= 0.6 is 0 Å². The highest BCUT2D eigenvalue weighted by molar-refractivity contribution is 5.87. The van der Waals surface area contributed by atoms with Gasteiger partial charge in [0.1, 0.15) is 0 Å². The van der Waals surface area contributed by atoms with Crippen molar-refractivity contribution in [3.05, 3.63) is 47.9 Å². The molecule has 2 aromatic rings. The molecule has 0 amide bonds. The number of carbonyl (C=O) groups excluding carboxylic acids is 1. The third-order valence-corrected chi connectivity index (χ3v) is 2.45. The fraction of sp³-hybridized carbons (Fsp3) is 0.154. The zero-order valence-corrected chi connectivity index (χ0v) is 9.68. The van der Waals surface area contributed by atoms with Crippen LogP contribution in [0.4, 0.5) is 0 Å². The first kappa shape index (κ1) is 11.3. The minimum Gasteiger partial charge on any atom is -0.464 e. The maximum absolute atomic E-state index is 11.4. The van der Waals surface area contributed by atoms with Gasteiger partial charge in [0.2, 0.25) is 0 Å². The lowest BCUT2D eigenvalue weighted by Crippen LogP contribution is -2.05. The van der Waals surface area contributed by atoms with Gasteiger partial charge in [0.25, 0.3) is 0 Å². The Morgan fingerprint density at radius 3 is 2.71 bits per heavy atom. The van der Waals surface area contributed by atoms with Crippen molar-refractivity contribution < 1.29 is 9.53 Å². The Morgan fingerprint density at radius 1 is 1.24 bits per heavy atom. The number of methoxy groups -OCH3 is 1. The van der Waals surface area contributed by atoms with E-state index in [1.165, 1.54) is 13.3 Å². The average molecular weight is 228 g/mol. The number of carbonyl (C=O) groups is 1. The van der Waals surface area contributed by atoms with Crippen LogP contribution in [0.15, 0.2) is 36.7 Å². The molecule has 0 aliphatic heterocycles. The van der Waals surface area contributed by atoms with E-state index in [9.17, 15) is 4.79 Å². The number of ether oxygens (including phenoxy) is 1. The summed E-state index contributed by atoms with van der Waals surface area (Å²) in [6.45, 7) is 1.99. The zero-order chi connectivity index (χ0) is 12.3. The van der Waals surface area contributed by atoms with Gasteiger partial charge >= 0.3 is 5.97 Å². The van der Waals surface area contributed by atoms with Gasteiger partial charge in [-0.15, -0.1) is 0 Å². The van der Waals surface area contributed by atoms with Gasteiger partial charge in [0, 0.05) is 5.56 Å². The number of hydrogen-bond donors (Lipinski definition) is 0. The Hall–Kier alpha value is -2.23. The molecular weight excluding hydrogens is 216 g/mol. The number of hydrogen-bond acceptors (Lipinski definition) is 4. The molecule has 1 aromatic carbocycles. The standard InChI is InChI=1S/C13H12N2O2/c1-9-5-3-4-6-10(9)11-7-14-8-12(15-11)13(16)17-2/h3-8H,1-2H3. The minimum atomic E-state index is -0.479. The largest absolute Gasteiger partial charge is 0.464 e. The van der Waals surface area contributed by atoms with Crippen LogP contribution < -0.4 is 0 Å². The number of nitrogens with zero attached hydrogens (tertiary/aromatic N) is 2. The van der Waals surface area contributed by atoms with Crippen LogP contribution in [-0.4, -0.2) is 23.0 Å². The molecule has 0 unspecified atom stereocenters. The first-order chi connectivity index (χ1) is 8.22. The molecule has 1 heterocycles. The molecule has 2 rings (SSSR count). The SMILES string of the molecule is COC(=O)c1cncc(-c2ccccc2C)n1. The number of esters is 1. The Kier molecular flexibility index (Phi) is 3.14. The lowest BCUT2D eigenvalue weighted by Gasteiger charge is -2.05. The number of benzene rings is 1. The second-order valence-corrected chi connectivity index (χ2v) is 3.60. The number of aryl methyl sites for hydroxylation is 1. The topological polar surface area (TPSA) is 52.1 Å². The highest BCUT2D eigenvalue weighted by atomic mass is 16.5. The van der Waals surface area contributed by atoms with Gasteiger partial charge in [-0.25, -0.2) is 9.78 Å². The summed E-state index contributed by atoms with van der Waals surface area (Å²) in [5.74, 6) is -0.479. The molecule has 4 heteroatoms. The molecule has 17 heavy (non-hydrogen) atoms. The maximum atomic E-state index is 11.4. The Bertz CT molecular complexity index is 553. The monoisotopic (exact) mass is 228 g/mol. The van der Waals surface area contributed by atoms with Crippen molar-refractivity contribution in [3.63, 3.8) is 0 Å². The van der Waals surface area contributed by atoms with Gasteiger partial charge in [-0.2, -0.15) is 0 Å². The van der Waals surface area contributed by atoms with Gasteiger partial charge in [0.15, 0.2) is 5.69 Å². The molecule has 0 radical (unpaired) electrons. The first-order valence-corrected chi connectivity index (χ1v) is 5.18. The maximum Gasteiger partial charge on any atom is 0.358 e. The summed E-state index contributed by atoms with van der Waals surface area (Å²) in [5, 5.41) is 0. The van der Waals surface area contributed by atoms with Gasteiger partial charge in [0.05, 0.1) is 25.2 Å². The van der Waals surface area contributed by atoms with Crippen molar-refractivity contribution in [2.45, 2.75) is 6.92 Å². The molecule has 0 fully saturated rings. The summed E-state index contributed by atoms with van der Waals surface area (Å²) >= 11 is 0. The molecule has 0 aliphatic carbocycles. The molecule has 0 aliphatic rings. The molecule has 4 nitrogen and oxygen atoms in total. The van der Waals surface area contributed by atoms with Crippen molar-refractivity contribution in [1.29, 1.82) is 0 Å². The van der Waals surface area contributed by atoms with E-state index < -0.39 is 5.97 Å². The third kappa shape index (κ3) is 2.30. The van der Waals surface area contributed by atoms with E-state index in [2.05, 4.69) is 14.7 Å². The van der Waals surface area contributed by atoms with Crippen LogP contribution in [0.2, 0.25) is 0 Å². The second-order valence-electron chi connectivity index (χ2n) is 3.60. The average Bonchev–Trinajstić information content (AvgIpc) is 2.38. The summed E-state index contributed by atoms with van der Waals surface area (Å²) < 4.78 is 4.62. The predicted octanol–water partition coefficient (Wildman–Crippen LogP) is 2.24. The van der Waals surface area contributed by atoms with Gasteiger partial charge < -0.3 is 4.74 Å². The summed E-state index contributed by atoms with van der Waals surface area (Å²) in [6, 6.07) is 7.81. The van der Waals surface area contributed by atoms with E-state index >= 15 is 0 Å². The quantitative estimate of drug-likeness (QED) is 0.740. The molecule has 0 atom stereocenters. The molecular formula is C13H12N2O2. The molecule has 86 valence electrons. The van der Waals surface area contributed by atoms with Gasteiger partial charge in [-0.3, -0.25) is 4.98 Å². The molecule has 0 saturated heterocycles. The van der Waals surface area contributed by atoms with Crippen molar-refractivity contribution >= 4 is 5.97 Å². The Balaban J connectivity index is 2.47. The molecule has 0 spiro atoms. The van der Waals surface area contributed by atoms with Crippen LogP contribution in [0.25, 0.3) is 11.3 Å². The van der Waals surface area contributed by atoms with E-state index in [0.29, 0.717) is 5.69 Å². The Labute approximate surface area is 99.3 Å². The van der Waals surface area contributed by atoms with E-state index in [4.69, 9.17) is 0 Å². The number of aromatic nitrogens is 2. The normalized spacial score (nSPS) is 10.0. The van der Waals surface area contributed by atoms with Crippen molar-refractivity contribution in [2.75, 3.05) is 7.11 Å². The van der Waals surface area contributed by atoms with Crippen LogP contribution in [0.3, 0.4) is 0 Å². The fourth-order valence-electron chi connectivity index (χ4n) is 1.56. The lowest BCUT2D eigenvalue weighted by molar-refractivity contribution is 0.0593. The molecule has 0 bridgehead atoms. The van der Waals surface area contributed by atoms with Gasteiger partial charge in [-0.1, -0.05) is 24.3 Å². The Morgan fingerprint density at radius 2 is 2.00 bits per heavy atom. The minimum absolute atomic E-state index is 0.216. The van der Waals surface area contributed by atoms with Crippen LogP contribution in [0, 0.1) is 6.92 Å². The second kappa shape index (κ2) is 4.74. The van der Waals surface area contributed by atoms with Crippen molar-refractivity contribution in [2.24, 2.45) is 0 Å². The predicted molar refractivity (Wildman–Crippen MR) is 63.5 cm³/mol. The zero-order valence-electron chi connectivity index (χ0n) is 9.68. The summed E-state index contributed by atoms with van der Waals surface area (Å²) in [4.78, 5) is 19.6. The van der Waals surface area contributed by atoms with Gasteiger partial charge in [-0.05, 0) is 12.5 Å². The summed E-state index contributed by atoms with van der Waals surface area (Å²) in [5.41, 5.74) is 2.94. The highest BCUT2D eigenvalue weighted by Crippen LogP contribution is 2.20. The van der Waals surface area contributed by atoms with E-state index in [1.807, 2.05) is 31.2 Å². The van der Waals surface area contributed by atoms with Crippen molar-refractivity contribution in [3.8, 4) is 11.3 Å². The molecule has 1 aromatic heterocycles. The molecule has 0 N–H and O–H groups in total. The van der Waals surface area contributed by atoms with E-state index in [-0.39, 0.29) is 5.69 Å². The van der Waals surface area contributed by atoms with Crippen molar-refractivity contribution in [1.82, 2.24) is 9.97 Å². The van der Waals surface area contributed by atoms with Crippen LogP contribution in [0.5, 0.6) is 0 Å². The summed E-state index contributed by atoms with van der Waals surface area (Å²) in [7, 11) is 1.32. The molecule has 0 saturated carbocycles. The number of rotatable bonds is 2. The van der Waals surface area contributed by atoms with E-state index in [0.717, 1.165) is 11.1 Å². The van der Waals surface area contributed by atoms with Crippen LogP contribution in [-0.2, 0) is 4.74 Å². The first-order valence-electron chi connectivity index (χ1n) is 5.18. The smallest absolute Gasteiger partial charge is 0.358 e. The lowest BCUT2D eigenvalue weighted by atomic mass is 10.1. The van der Waals surface area contributed by atoms with E-state index in [1.54, 1.807) is 6.20 Å².